The third kappa shape index (κ3) is 2.69. The van der Waals surface area contributed by atoms with Crippen LogP contribution in [-0.2, 0) is 11.2 Å². The maximum absolute atomic E-state index is 11.5. The average Bonchev–Trinajstić information content (AvgIpc) is 2.47. The Hall–Kier alpha value is -2.13. The van der Waals surface area contributed by atoms with Gasteiger partial charge in [0.1, 0.15) is 6.10 Å². The molecule has 1 aliphatic rings. The lowest BCUT2D eigenvalue weighted by Gasteiger charge is -2.22. The average molecular weight is 281 g/mol. The largest absolute Gasteiger partial charge is 0.384 e. The summed E-state index contributed by atoms with van der Waals surface area (Å²) in [5, 5.41) is 13.5. The van der Waals surface area contributed by atoms with Crippen molar-refractivity contribution in [2.75, 3.05) is 5.32 Å². The highest BCUT2D eigenvalue weighted by molar-refractivity contribution is 5.94. The molecule has 3 nitrogen and oxygen atoms in total. The lowest BCUT2D eigenvalue weighted by Crippen LogP contribution is -2.20. The molecule has 1 amide bonds. The van der Waals surface area contributed by atoms with Crippen molar-refractivity contribution in [2.45, 2.75) is 32.8 Å². The topological polar surface area (TPSA) is 49.3 Å². The third-order valence-corrected chi connectivity index (χ3v) is 4.00. The smallest absolute Gasteiger partial charge is 0.224 e. The molecule has 0 spiro atoms. The zero-order valence-electron chi connectivity index (χ0n) is 12.3. The highest BCUT2D eigenvalue weighted by Crippen LogP contribution is 2.32. The Morgan fingerprint density at radius 3 is 2.67 bits per heavy atom. The molecule has 3 rings (SSSR count). The van der Waals surface area contributed by atoms with Crippen molar-refractivity contribution >= 4 is 11.6 Å². The van der Waals surface area contributed by atoms with Gasteiger partial charge in [0.15, 0.2) is 0 Å². The Morgan fingerprint density at radius 1 is 1.10 bits per heavy atom. The minimum absolute atomic E-state index is 0.0672. The van der Waals surface area contributed by atoms with Gasteiger partial charge < -0.3 is 10.4 Å². The van der Waals surface area contributed by atoms with Gasteiger partial charge in [0.25, 0.3) is 0 Å². The second-order valence-electron chi connectivity index (χ2n) is 5.74. The number of aryl methyl sites for hydroxylation is 3. The first-order chi connectivity index (χ1) is 10.0. The van der Waals surface area contributed by atoms with E-state index in [0.29, 0.717) is 6.42 Å². The molecular formula is C18H19NO2. The molecule has 108 valence electrons. The van der Waals surface area contributed by atoms with E-state index in [0.717, 1.165) is 39.9 Å². The number of aliphatic hydroxyl groups is 1. The maximum Gasteiger partial charge on any atom is 0.224 e. The Balaban J connectivity index is 2.00. The van der Waals surface area contributed by atoms with Crippen LogP contribution in [0.25, 0.3) is 0 Å². The molecule has 2 aromatic rings. The Morgan fingerprint density at radius 2 is 1.90 bits per heavy atom. The van der Waals surface area contributed by atoms with Gasteiger partial charge in [-0.1, -0.05) is 42.0 Å². The van der Waals surface area contributed by atoms with Gasteiger partial charge in [0.2, 0.25) is 5.91 Å². The predicted molar refractivity (Wildman–Crippen MR) is 83.4 cm³/mol. The predicted octanol–water partition coefficient (Wildman–Crippen LogP) is 3.27. The van der Waals surface area contributed by atoms with Crippen LogP contribution < -0.4 is 5.32 Å². The van der Waals surface area contributed by atoms with Crippen molar-refractivity contribution in [3.8, 4) is 0 Å². The number of fused-ring (bicyclic) bond motifs is 1. The standard InChI is InChI=1S/C18H19NO2/c1-11-4-3-5-14(8-11)18(21)15-9-12(2)17-13(10-15)6-7-16(20)19-17/h3-5,8-10,18,21H,6-7H2,1-2H3,(H,19,20). The molecule has 1 heterocycles. The fraction of sp³-hybridized carbons (Fsp3) is 0.278. The first-order valence-corrected chi connectivity index (χ1v) is 7.22. The number of carbonyl (C=O) groups is 1. The summed E-state index contributed by atoms with van der Waals surface area (Å²) in [5.41, 5.74) is 5.93. The summed E-state index contributed by atoms with van der Waals surface area (Å²) < 4.78 is 0. The molecule has 2 aromatic carbocycles. The van der Waals surface area contributed by atoms with E-state index in [4.69, 9.17) is 0 Å². The minimum atomic E-state index is -0.633. The molecule has 0 aromatic heterocycles. The van der Waals surface area contributed by atoms with E-state index in [1.54, 1.807) is 0 Å². The molecule has 21 heavy (non-hydrogen) atoms. The van der Waals surface area contributed by atoms with Crippen LogP contribution in [0.2, 0.25) is 0 Å². The summed E-state index contributed by atoms with van der Waals surface area (Å²) >= 11 is 0. The molecule has 0 bridgehead atoms. The van der Waals surface area contributed by atoms with E-state index in [2.05, 4.69) is 5.32 Å². The van der Waals surface area contributed by atoms with E-state index in [9.17, 15) is 9.90 Å². The third-order valence-electron chi connectivity index (χ3n) is 4.00. The van der Waals surface area contributed by atoms with Crippen molar-refractivity contribution in [3.05, 3.63) is 64.2 Å². The zero-order valence-corrected chi connectivity index (χ0v) is 12.3. The summed E-state index contributed by atoms with van der Waals surface area (Å²) in [6.07, 6.45) is 0.610. The van der Waals surface area contributed by atoms with E-state index in [-0.39, 0.29) is 5.91 Å². The summed E-state index contributed by atoms with van der Waals surface area (Å²) in [6.45, 7) is 3.99. The SMILES string of the molecule is Cc1cccc(C(O)c2cc(C)c3c(c2)CCC(=O)N3)c1. The molecule has 0 radical (unpaired) electrons. The van der Waals surface area contributed by atoms with Crippen LogP contribution in [0.15, 0.2) is 36.4 Å². The number of carbonyl (C=O) groups excluding carboxylic acids is 1. The van der Waals surface area contributed by atoms with Gasteiger partial charge in [-0.2, -0.15) is 0 Å². The quantitative estimate of drug-likeness (QED) is 0.887. The van der Waals surface area contributed by atoms with Gasteiger partial charge in [-0.3, -0.25) is 4.79 Å². The number of anilines is 1. The lowest BCUT2D eigenvalue weighted by atomic mass is 9.92. The van der Waals surface area contributed by atoms with Crippen LogP contribution in [0.5, 0.6) is 0 Å². The monoisotopic (exact) mass is 281 g/mol. The van der Waals surface area contributed by atoms with Crippen LogP contribution >= 0.6 is 0 Å². The molecule has 2 N–H and O–H groups in total. The number of hydrogen-bond donors (Lipinski definition) is 2. The molecule has 0 aliphatic carbocycles. The Kier molecular flexibility index (Phi) is 3.52. The van der Waals surface area contributed by atoms with E-state index in [1.807, 2.05) is 50.2 Å². The van der Waals surface area contributed by atoms with Crippen LogP contribution in [0.4, 0.5) is 5.69 Å². The van der Waals surface area contributed by atoms with Crippen molar-refractivity contribution < 1.29 is 9.90 Å². The second-order valence-corrected chi connectivity index (χ2v) is 5.74. The highest BCUT2D eigenvalue weighted by atomic mass is 16.3. The number of amides is 1. The lowest BCUT2D eigenvalue weighted by molar-refractivity contribution is -0.116. The summed E-state index contributed by atoms with van der Waals surface area (Å²) in [7, 11) is 0. The maximum atomic E-state index is 11.5. The molecule has 1 unspecified atom stereocenters. The summed E-state index contributed by atoms with van der Waals surface area (Å²) in [5.74, 6) is 0.0672. The highest BCUT2D eigenvalue weighted by Gasteiger charge is 2.20. The number of rotatable bonds is 2. The molecule has 3 heteroatoms. The van der Waals surface area contributed by atoms with E-state index in [1.165, 1.54) is 0 Å². The van der Waals surface area contributed by atoms with Crippen LogP contribution in [0, 0.1) is 13.8 Å². The van der Waals surface area contributed by atoms with Gasteiger partial charge in [0, 0.05) is 12.1 Å². The fourth-order valence-corrected chi connectivity index (χ4v) is 2.91. The van der Waals surface area contributed by atoms with Gasteiger partial charge in [-0.25, -0.2) is 0 Å². The van der Waals surface area contributed by atoms with Crippen molar-refractivity contribution in [3.63, 3.8) is 0 Å². The van der Waals surface area contributed by atoms with Crippen LogP contribution in [0.1, 0.15) is 40.3 Å². The molecule has 0 saturated carbocycles. The van der Waals surface area contributed by atoms with Gasteiger partial charge in [0.05, 0.1) is 0 Å². The van der Waals surface area contributed by atoms with Crippen molar-refractivity contribution in [1.29, 1.82) is 0 Å². The molecule has 1 aliphatic heterocycles. The normalized spacial score (nSPS) is 15.3. The van der Waals surface area contributed by atoms with Gasteiger partial charge in [-0.05, 0) is 42.5 Å². The number of aliphatic hydroxyl groups excluding tert-OH is 1. The van der Waals surface area contributed by atoms with E-state index < -0.39 is 6.10 Å². The van der Waals surface area contributed by atoms with Crippen molar-refractivity contribution in [1.82, 2.24) is 0 Å². The first-order valence-electron chi connectivity index (χ1n) is 7.22. The van der Waals surface area contributed by atoms with Crippen molar-refractivity contribution in [2.24, 2.45) is 0 Å². The summed E-state index contributed by atoms with van der Waals surface area (Å²) in [6, 6.07) is 11.9. The zero-order chi connectivity index (χ0) is 15.0. The van der Waals surface area contributed by atoms with Gasteiger partial charge >= 0.3 is 0 Å². The number of nitrogens with one attached hydrogen (secondary N) is 1. The molecule has 0 fully saturated rings. The van der Waals surface area contributed by atoms with Crippen LogP contribution in [0.3, 0.4) is 0 Å². The molecular weight excluding hydrogens is 262 g/mol. The van der Waals surface area contributed by atoms with Crippen LogP contribution in [-0.4, -0.2) is 11.0 Å². The number of benzene rings is 2. The van der Waals surface area contributed by atoms with Gasteiger partial charge in [-0.15, -0.1) is 0 Å². The second kappa shape index (κ2) is 5.34. The Labute approximate surface area is 124 Å². The van der Waals surface area contributed by atoms with E-state index >= 15 is 0 Å². The first kappa shape index (κ1) is 13.8. The fourth-order valence-electron chi connectivity index (χ4n) is 2.91. The summed E-state index contributed by atoms with van der Waals surface area (Å²) in [4.78, 5) is 11.5. The molecule has 1 atom stereocenters. The number of hydrogen-bond acceptors (Lipinski definition) is 2. The minimum Gasteiger partial charge on any atom is -0.384 e. The molecule has 0 saturated heterocycles. The Bertz CT molecular complexity index is 706.